The lowest BCUT2D eigenvalue weighted by Gasteiger charge is -2.12. The Kier molecular flexibility index (Phi) is 7.38. The zero-order valence-electron chi connectivity index (χ0n) is 10.8. The summed E-state index contributed by atoms with van der Waals surface area (Å²) < 4.78 is 25.5. The van der Waals surface area contributed by atoms with Gasteiger partial charge < -0.3 is 5.11 Å². The highest BCUT2D eigenvalue weighted by Gasteiger charge is 2.13. The Morgan fingerprint density at radius 2 is 1.82 bits per heavy atom. The van der Waals surface area contributed by atoms with E-state index in [-0.39, 0.29) is 24.0 Å². The maximum atomic E-state index is 11.5. The number of nitrogens with one attached hydrogen (secondary N) is 1. The Hall–Kier alpha value is -0.620. The highest BCUT2D eigenvalue weighted by atomic mass is 32.2. The van der Waals surface area contributed by atoms with Crippen molar-refractivity contribution in [3.63, 3.8) is 0 Å². The first-order valence-electron chi connectivity index (χ1n) is 5.92. The van der Waals surface area contributed by atoms with Crippen molar-refractivity contribution in [2.45, 2.75) is 40.0 Å². The van der Waals surface area contributed by atoms with Gasteiger partial charge >= 0.3 is 5.97 Å². The molecule has 1 unspecified atom stereocenters. The molecule has 0 bridgehead atoms. The molecular weight excluding hydrogens is 242 g/mol. The summed E-state index contributed by atoms with van der Waals surface area (Å²) >= 11 is 0. The minimum atomic E-state index is -3.17. The molecule has 0 heterocycles. The summed E-state index contributed by atoms with van der Waals surface area (Å²) in [4.78, 5) is 10.3. The van der Waals surface area contributed by atoms with Gasteiger partial charge in [0.25, 0.3) is 0 Å². The predicted molar refractivity (Wildman–Crippen MR) is 67.3 cm³/mol. The summed E-state index contributed by atoms with van der Waals surface area (Å²) in [6.07, 6.45) is 1.39. The van der Waals surface area contributed by atoms with Crippen LogP contribution in [0.3, 0.4) is 0 Å². The molecule has 1 atom stereocenters. The van der Waals surface area contributed by atoms with Crippen molar-refractivity contribution in [2.24, 2.45) is 11.8 Å². The van der Waals surface area contributed by atoms with Crippen LogP contribution in [0.5, 0.6) is 0 Å². The van der Waals surface area contributed by atoms with E-state index in [1.165, 1.54) is 0 Å². The van der Waals surface area contributed by atoms with Crippen LogP contribution in [0.25, 0.3) is 0 Å². The van der Waals surface area contributed by atoms with Crippen LogP contribution >= 0.6 is 0 Å². The molecule has 0 amide bonds. The molecule has 0 rings (SSSR count). The third kappa shape index (κ3) is 10.3. The minimum absolute atomic E-state index is 0.108. The smallest absolute Gasteiger partial charge is 0.303 e. The Morgan fingerprint density at radius 1 is 1.24 bits per heavy atom. The van der Waals surface area contributed by atoms with Gasteiger partial charge in [0.2, 0.25) is 10.0 Å². The van der Waals surface area contributed by atoms with Crippen molar-refractivity contribution in [3.8, 4) is 0 Å². The van der Waals surface area contributed by atoms with Crippen molar-refractivity contribution in [1.29, 1.82) is 0 Å². The molecule has 0 spiro atoms. The molecule has 0 aromatic carbocycles. The molecule has 102 valence electrons. The normalized spacial score (nSPS) is 13.9. The second kappa shape index (κ2) is 7.66. The number of sulfonamides is 1. The first-order valence-corrected chi connectivity index (χ1v) is 7.57. The Bertz CT molecular complexity index is 324. The molecule has 0 aromatic rings. The molecule has 5 nitrogen and oxygen atoms in total. The second-order valence-electron chi connectivity index (χ2n) is 4.90. The van der Waals surface area contributed by atoms with Gasteiger partial charge in [-0.3, -0.25) is 4.79 Å². The van der Waals surface area contributed by atoms with Gasteiger partial charge in [-0.15, -0.1) is 0 Å². The fourth-order valence-electron chi connectivity index (χ4n) is 1.47. The van der Waals surface area contributed by atoms with Gasteiger partial charge in [0.1, 0.15) is 0 Å². The summed E-state index contributed by atoms with van der Waals surface area (Å²) in [5.41, 5.74) is 0. The third-order valence-corrected chi connectivity index (χ3v) is 4.11. The molecule has 0 saturated carbocycles. The molecule has 6 heteroatoms. The molecule has 0 fully saturated rings. The zero-order valence-corrected chi connectivity index (χ0v) is 11.6. The highest BCUT2D eigenvalue weighted by Crippen LogP contribution is 2.09. The number of rotatable bonds is 9. The van der Waals surface area contributed by atoms with E-state index in [1.807, 2.05) is 20.8 Å². The molecule has 0 aliphatic rings. The van der Waals surface area contributed by atoms with Crippen molar-refractivity contribution in [2.75, 3.05) is 12.3 Å². The van der Waals surface area contributed by atoms with Crippen LogP contribution in [-0.2, 0) is 14.8 Å². The zero-order chi connectivity index (χ0) is 13.5. The molecule has 0 aromatic heterocycles. The highest BCUT2D eigenvalue weighted by molar-refractivity contribution is 7.89. The number of carbonyl (C=O) groups is 1. The monoisotopic (exact) mass is 265 g/mol. The van der Waals surface area contributed by atoms with E-state index in [0.717, 1.165) is 0 Å². The van der Waals surface area contributed by atoms with E-state index in [0.29, 0.717) is 19.4 Å². The average Bonchev–Trinajstić information content (AvgIpc) is 2.12. The molecule has 2 N–H and O–H groups in total. The van der Waals surface area contributed by atoms with Gasteiger partial charge in [0.15, 0.2) is 0 Å². The Morgan fingerprint density at radius 3 is 2.29 bits per heavy atom. The van der Waals surface area contributed by atoms with E-state index in [9.17, 15) is 13.2 Å². The lowest BCUT2D eigenvalue weighted by atomic mass is 10.0. The van der Waals surface area contributed by atoms with Crippen LogP contribution in [0.15, 0.2) is 0 Å². The molecule has 17 heavy (non-hydrogen) atoms. The van der Waals surface area contributed by atoms with Gasteiger partial charge in [-0.05, 0) is 24.7 Å². The molecule has 0 radical (unpaired) electrons. The lowest BCUT2D eigenvalue weighted by molar-refractivity contribution is -0.137. The fourth-order valence-corrected chi connectivity index (χ4v) is 2.90. The van der Waals surface area contributed by atoms with Crippen LogP contribution in [0, 0.1) is 11.8 Å². The fraction of sp³-hybridized carbons (Fsp3) is 0.909. The molecule has 0 aliphatic carbocycles. The first-order chi connectivity index (χ1) is 7.73. The van der Waals surface area contributed by atoms with E-state index < -0.39 is 16.0 Å². The van der Waals surface area contributed by atoms with E-state index in [4.69, 9.17) is 5.11 Å². The average molecular weight is 265 g/mol. The number of carboxylic acid groups (broad SMARTS) is 1. The number of carboxylic acids is 1. The van der Waals surface area contributed by atoms with Gasteiger partial charge in [0.05, 0.1) is 5.75 Å². The van der Waals surface area contributed by atoms with Gasteiger partial charge in [0, 0.05) is 13.0 Å². The lowest BCUT2D eigenvalue weighted by Crippen LogP contribution is -2.30. The van der Waals surface area contributed by atoms with E-state index in [1.54, 1.807) is 0 Å². The van der Waals surface area contributed by atoms with Gasteiger partial charge in [-0.25, -0.2) is 13.1 Å². The summed E-state index contributed by atoms with van der Waals surface area (Å²) in [7, 11) is -3.17. The third-order valence-electron chi connectivity index (χ3n) is 2.36. The van der Waals surface area contributed by atoms with Crippen LogP contribution in [0.1, 0.15) is 40.0 Å². The van der Waals surface area contributed by atoms with E-state index >= 15 is 0 Å². The van der Waals surface area contributed by atoms with Crippen molar-refractivity contribution < 1.29 is 18.3 Å². The van der Waals surface area contributed by atoms with Crippen LogP contribution in [-0.4, -0.2) is 31.8 Å². The molecule has 0 aliphatic heterocycles. The standard InChI is InChI=1S/C11H23NO4S/c1-9(2)8-17(15,16)12-7-6-10(3)4-5-11(13)14/h9-10,12H,4-8H2,1-3H3,(H,13,14). The summed E-state index contributed by atoms with van der Waals surface area (Å²) in [5, 5.41) is 8.50. The van der Waals surface area contributed by atoms with Gasteiger partial charge in [-0.1, -0.05) is 20.8 Å². The number of aliphatic carboxylic acids is 1. The van der Waals surface area contributed by atoms with Crippen LogP contribution in [0.4, 0.5) is 0 Å². The first kappa shape index (κ1) is 16.4. The maximum absolute atomic E-state index is 11.5. The number of hydrogen-bond acceptors (Lipinski definition) is 3. The summed E-state index contributed by atoms with van der Waals surface area (Å²) in [5.74, 6) is -0.349. The molecular formula is C11H23NO4S. The molecule has 0 saturated heterocycles. The van der Waals surface area contributed by atoms with Crippen molar-refractivity contribution in [1.82, 2.24) is 4.72 Å². The van der Waals surface area contributed by atoms with Crippen molar-refractivity contribution >= 4 is 16.0 Å². The van der Waals surface area contributed by atoms with Crippen molar-refractivity contribution in [3.05, 3.63) is 0 Å². The van der Waals surface area contributed by atoms with Crippen LogP contribution < -0.4 is 4.72 Å². The van der Waals surface area contributed by atoms with E-state index in [2.05, 4.69) is 4.72 Å². The number of hydrogen-bond donors (Lipinski definition) is 2. The van der Waals surface area contributed by atoms with Gasteiger partial charge in [-0.2, -0.15) is 0 Å². The SMILES string of the molecule is CC(C)CS(=O)(=O)NCCC(C)CCC(=O)O. The second-order valence-corrected chi connectivity index (χ2v) is 6.75. The van der Waals surface area contributed by atoms with Crippen LogP contribution in [0.2, 0.25) is 0 Å². The topological polar surface area (TPSA) is 83.5 Å². The maximum Gasteiger partial charge on any atom is 0.303 e. The summed E-state index contributed by atoms with van der Waals surface area (Å²) in [6, 6.07) is 0. The minimum Gasteiger partial charge on any atom is -0.481 e. The Balaban J connectivity index is 3.79. The predicted octanol–water partition coefficient (Wildman–Crippen LogP) is 1.45. The summed E-state index contributed by atoms with van der Waals surface area (Å²) in [6.45, 7) is 6.03. The largest absolute Gasteiger partial charge is 0.481 e. The Labute approximate surface area is 104 Å². The quantitative estimate of drug-likeness (QED) is 0.661.